The lowest BCUT2D eigenvalue weighted by Crippen LogP contribution is -2.40. The van der Waals surface area contributed by atoms with Gasteiger partial charge in [0.2, 0.25) is 0 Å². The molecule has 0 fully saturated rings. The number of carbonyl (C=O) groups is 3. The summed E-state index contributed by atoms with van der Waals surface area (Å²) in [7, 11) is 5.95. The van der Waals surface area contributed by atoms with E-state index in [1.807, 2.05) is 21.1 Å². The number of carboxylic acids is 1. The highest BCUT2D eigenvalue weighted by Crippen LogP contribution is 2.16. The van der Waals surface area contributed by atoms with Gasteiger partial charge in [-0.25, -0.2) is 4.79 Å². The summed E-state index contributed by atoms with van der Waals surface area (Å²) in [4.78, 5) is 37.5. The van der Waals surface area contributed by atoms with E-state index in [1.54, 1.807) is 0 Å². The quantitative estimate of drug-likeness (QED) is 0.0211. The van der Waals surface area contributed by atoms with Crippen molar-refractivity contribution in [1.82, 2.24) is 0 Å². The highest BCUT2D eigenvalue weighted by Gasteiger charge is 2.25. The zero-order chi connectivity index (χ0) is 58.3. The molecule has 0 aliphatic carbocycles. The van der Waals surface area contributed by atoms with Crippen molar-refractivity contribution in [1.29, 1.82) is 0 Å². The molecule has 9 nitrogen and oxygen atoms in total. The van der Waals surface area contributed by atoms with Crippen molar-refractivity contribution in [3.8, 4) is 0 Å². The van der Waals surface area contributed by atoms with Crippen LogP contribution in [-0.4, -0.2) is 87.4 Å². The molecule has 9 heteroatoms. The first-order valence-electron chi connectivity index (χ1n) is 31.8. The van der Waals surface area contributed by atoms with Crippen LogP contribution in [0.1, 0.15) is 239 Å². The Morgan fingerprint density at radius 2 is 0.713 bits per heavy atom. The SMILES string of the molecule is CC/C=C\C/C=C\C/C=C\C/C=C\C/C=C\C/C=C\C/C=C\C/C=C\C/C=C\C/C=C\C/C=C\CCCCCC(=O)OC(COC(=O)CCCCCCCCCCCCCCCCCCCC)COC(OCC[N+](C)(C)C)C(=O)O. The van der Waals surface area contributed by atoms with Crippen LogP contribution in [0.5, 0.6) is 0 Å². The Morgan fingerprint density at radius 1 is 0.388 bits per heavy atom. The topological polar surface area (TPSA) is 108 Å². The molecule has 0 saturated carbocycles. The van der Waals surface area contributed by atoms with Gasteiger partial charge in [0.25, 0.3) is 6.29 Å². The minimum absolute atomic E-state index is 0.175. The summed E-state index contributed by atoms with van der Waals surface area (Å²) >= 11 is 0. The van der Waals surface area contributed by atoms with Crippen LogP contribution in [0.25, 0.3) is 0 Å². The maximum absolute atomic E-state index is 12.9. The molecule has 0 heterocycles. The standard InChI is InChI=1S/C71H117NO8/c1-6-8-10-12-14-16-18-20-22-24-26-27-28-29-30-31-32-33-34-35-36-37-38-39-40-41-42-43-44-46-48-50-52-54-56-58-60-62-69(74)80-67(66-79-71(70(75)76)77-64-63-72(3,4)5)65-78-68(73)61-59-57-55-53-51-49-47-45-25-23-21-19-17-15-13-11-9-7-2/h8,10,14,16,20,22,26-27,29-30,32-33,35-36,38-39,41-42,44,46,50,52,67,71H,6-7,9,11-13,15,17-19,21,23-25,28,31,34,37,40,43,45,47-49,51,53-66H2,1-5H3/p+1/b10-8-,16-14-,22-20-,27-26-,30-29-,33-32-,36-35-,39-38-,42-41-,46-44-,52-50-. The predicted molar refractivity (Wildman–Crippen MR) is 341 cm³/mol. The van der Waals surface area contributed by atoms with Crippen LogP contribution in [-0.2, 0) is 33.3 Å². The zero-order valence-electron chi connectivity index (χ0n) is 51.7. The number of carboxylic acid groups (broad SMARTS) is 1. The van der Waals surface area contributed by atoms with Crippen molar-refractivity contribution in [3.05, 3.63) is 134 Å². The lowest BCUT2D eigenvalue weighted by atomic mass is 10.0. The molecule has 0 aromatic heterocycles. The molecule has 454 valence electrons. The molecule has 2 unspecified atom stereocenters. The molecule has 0 saturated heterocycles. The summed E-state index contributed by atoms with van der Waals surface area (Å²) in [5.41, 5.74) is 0. The van der Waals surface area contributed by atoms with Gasteiger partial charge in [0.05, 0.1) is 34.4 Å². The first kappa shape index (κ1) is 75.4. The van der Waals surface area contributed by atoms with Crippen molar-refractivity contribution in [2.75, 3.05) is 47.5 Å². The van der Waals surface area contributed by atoms with E-state index < -0.39 is 24.3 Å². The second-order valence-corrected chi connectivity index (χ2v) is 22.0. The smallest absolute Gasteiger partial charge is 0.361 e. The normalized spacial score (nSPS) is 13.7. The zero-order valence-corrected chi connectivity index (χ0v) is 51.7. The molecule has 0 aromatic carbocycles. The Hall–Kier alpha value is -4.57. The number of quaternary nitrogens is 1. The number of hydrogen-bond donors (Lipinski definition) is 1. The first-order chi connectivity index (χ1) is 39.1. The number of allylic oxidation sites excluding steroid dienone is 22. The van der Waals surface area contributed by atoms with Gasteiger partial charge < -0.3 is 28.5 Å². The van der Waals surface area contributed by atoms with Crippen molar-refractivity contribution >= 4 is 17.9 Å². The number of unbranched alkanes of at least 4 members (excludes halogenated alkanes) is 20. The van der Waals surface area contributed by atoms with Crippen molar-refractivity contribution in [3.63, 3.8) is 0 Å². The van der Waals surface area contributed by atoms with E-state index in [0.29, 0.717) is 23.9 Å². The van der Waals surface area contributed by atoms with Gasteiger partial charge in [-0.05, 0) is 96.3 Å². The monoisotopic (exact) mass is 1110 g/mol. The highest BCUT2D eigenvalue weighted by molar-refractivity contribution is 5.71. The number of rotatable bonds is 57. The van der Waals surface area contributed by atoms with Crippen LogP contribution in [0.3, 0.4) is 0 Å². The molecule has 80 heavy (non-hydrogen) atoms. The largest absolute Gasteiger partial charge is 0.477 e. The maximum Gasteiger partial charge on any atom is 0.361 e. The molecule has 2 atom stereocenters. The molecule has 0 rings (SSSR count). The van der Waals surface area contributed by atoms with Gasteiger partial charge in [-0.1, -0.05) is 263 Å². The van der Waals surface area contributed by atoms with E-state index in [2.05, 4.69) is 148 Å². The van der Waals surface area contributed by atoms with Gasteiger partial charge >= 0.3 is 17.9 Å². The molecule has 0 aliphatic heterocycles. The number of esters is 2. The summed E-state index contributed by atoms with van der Waals surface area (Å²) in [5.74, 6) is -2.06. The second kappa shape index (κ2) is 60.5. The second-order valence-electron chi connectivity index (χ2n) is 22.0. The fraction of sp³-hybridized carbons (Fsp3) is 0.648. The van der Waals surface area contributed by atoms with E-state index in [-0.39, 0.29) is 32.2 Å². The van der Waals surface area contributed by atoms with Crippen LogP contribution in [0, 0.1) is 0 Å². The van der Waals surface area contributed by atoms with Crippen molar-refractivity contribution in [2.45, 2.75) is 251 Å². The minimum atomic E-state index is -1.53. The fourth-order valence-corrected chi connectivity index (χ4v) is 8.31. The summed E-state index contributed by atoms with van der Waals surface area (Å²) in [5, 5.41) is 9.71. The Kier molecular flexibility index (Phi) is 57.1. The number of aliphatic carboxylic acids is 1. The summed E-state index contributed by atoms with van der Waals surface area (Å²) in [6.07, 6.45) is 84.0. The van der Waals surface area contributed by atoms with Crippen LogP contribution >= 0.6 is 0 Å². The average Bonchev–Trinajstić information content (AvgIpc) is 3.43. The summed E-state index contributed by atoms with van der Waals surface area (Å²) in [6.45, 7) is 4.72. The molecule has 0 bridgehead atoms. The lowest BCUT2D eigenvalue weighted by molar-refractivity contribution is -0.870. The number of carbonyl (C=O) groups excluding carboxylic acids is 2. The first-order valence-corrected chi connectivity index (χ1v) is 31.8. The molecule has 0 aromatic rings. The lowest BCUT2D eigenvalue weighted by Gasteiger charge is -2.25. The maximum atomic E-state index is 12.9. The van der Waals surface area contributed by atoms with Gasteiger partial charge in [-0.15, -0.1) is 0 Å². The van der Waals surface area contributed by atoms with Gasteiger partial charge in [-0.3, -0.25) is 9.59 Å². The average molecular weight is 1110 g/mol. The van der Waals surface area contributed by atoms with E-state index >= 15 is 0 Å². The Balaban J connectivity index is 4.29. The number of likely N-dealkylation sites (N-methyl/N-ethyl adjacent to an activating group) is 1. The summed E-state index contributed by atoms with van der Waals surface area (Å²) < 4.78 is 22.9. The van der Waals surface area contributed by atoms with Gasteiger partial charge in [0, 0.05) is 12.8 Å². The molecule has 0 radical (unpaired) electrons. The van der Waals surface area contributed by atoms with Crippen molar-refractivity contribution < 1.29 is 42.9 Å². The van der Waals surface area contributed by atoms with E-state index in [1.165, 1.54) is 96.3 Å². The third-order valence-corrected chi connectivity index (χ3v) is 13.2. The molecular weight excluding hydrogens is 995 g/mol. The molecular formula is C71H118NO8+. The molecule has 0 aliphatic rings. The summed E-state index contributed by atoms with van der Waals surface area (Å²) in [6, 6.07) is 0. The van der Waals surface area contributed by atoms with Gasteiger partial charge in [0.1, 0.15) is 13.2 Å². The third-order valence-electron chi connectivity index (χ3n) is 13.2. The Bertz CT molecular complexity index is 1770. The minimum Gasteiger partial charge on any atom is -0.477 e. The number of hydrogen-bond acceptors (Lipinski definition) is 7. The fourth-order valence-electron chi connectivity index (χ4n) is 8.31. The van der Waals surface area contributed by atoms with Gasteiger partial charge in [-0.2, -0.15) is 0 Å². The van der Waals surface area contributed by atoms with E-state index in [9.17, 15) is 19.5 Å². The van der Waals surface area contributed by atoms with Gasteiger partial charge in [0.15, 0.2) is 6.10 Å². The van der Waals surface area contributed by atoms with Crippen molar-refractivity contribution in [2.24, 2.45) is 0 Å². The Morgan fingerprint density at radius 3 is 1.06 bits per heavy atom. The van der Waals surface area contributed by atoms with Crippen LogP contribution in [0.15, 0.2) is 134 Å². The van der Waals surface area contributed by atoms with E-state index in [0.717, 1.165) is 109 Å². The third kappa shape index (κ3) is 61.1. The highest BCUT2D eigenvalue weighted by atomic mass is 16.7. The number of ether oxygens (including phenoxy) is 4. The van der Waals surface area contributed by atoms with E-state index in [4.69, 9.17) is 18.9 Å². The molecule has 0 spiro atoms. The predicted octanol–water partition coefficient (Wildman–Crippen LogP) is 19.4. The molecule has 1 N–H and O–H groups in total. The van der Waals surface area contributed by atoms with Crippen LogP contribution in [0.2, 0.25) is 0 Å². The number of nitrogens with zero attached hydrogens (tertiary/aromatic N) is 1. The van der Waals surface area contributed by atoms with Crippen LogP contribution < -0.4 is 0 Å². The molecule has 0 amide bonds. The van der Waals surface area contributed by atoms with Crippen LogP contribution in [0.4, 0.5) is 0 Å². The Labute approximate surface area is 490 Å².